The van der Waals surface area contributed by atoms with Crippen LogP contribution in [0.15, 0.2) is 42.5 Å². The minimum absolute atomic E-state index is 0.0724. The Hall–Kier alpha value is -2.40. The van der Waals surface area contributed by atoms with Crippen LogP contribution >= 0.6 is 0 Å². The van der Waals surface area contributed by atoms with E-state index in [9.17, 15) is 10.1 Å². The molecule has 110 valence electrons. The Balaban J connectivity index is 2.05. The van der Waals surface area contributed by atoms with Crippen LogP contribution < -0.4 is 10.1 Å². The van der Waals surface area contributed by atoms with Gasteiger partial charge in [0.25, 0.3) is 5.69 Å². The molecule has 5 heteroatoms. The number of methoxy groups -OCH3 is 1. The molecule has 0 aromatic heterocycles. The Kier molecular flexibility index (Phi) is 4.90. The summed E-state index contributed by atoms with van der Waals surface area (Å²) in [6.07, 6.45) is 0. The molecule has 0 bridgehead atoms. The summed E-state index contributed by atoms with van der Waals surface area (Å²) in [6.45, 7) is 3.26. The monoisotopic (exact) mass is 286 g/mol. The third kappa shape index (κ3) is 4.03. The molecule has 0 aliphatic carbocycles. The molecule has 2 rings (SSSR count). The number of nitrogens with zero attached hydrogens (tertiary/aromatic N) is 1. The fraction of sp³-hybridized carbons (Fsp3) is 0.250. The third-order valence-electron chi connectivity index (χ3n) is 3.20. The Morgan fingerprint density at radius 3 is 2.67 bits per heavy atom. The van der Waals surface area contributed by atoms with Gasteiger partial charge in [0.15, 0.2) is 0 Å². The van der Waals surface area contributed by atoms with E-state index < -0.39 is 4.92 Å². The maximum Gasteiger partial charge on any atom is 0.270 e. The second-order valence-corrected chi connectivity index (χ2v) is 4.85. The fourth-order valence-electron chi connectivity index (χ4n) is 2.18. The van der Waals surface area contributed by atoms with E-state index in [2.05, 4.69) is 11.4 Å². The Labute approximate surface area is 123 Å². The number of benzene rings is 2. The molecule has 5 nitrogen and oxygen atoms in total. The molecule has 0 atom stereocenters. The molecule has 2 aromatic carbocycles. The summed E-state index contributed by atoms with van der Waals surface area (Å²) < 4.78 is 5.24. The molecule has 0 radical (unpaired) electrons. The average Bonchev–Trinajstić information content (AvgIpc) is 2.47. The minimum Gasteiger partial charge on any atom is -0.496 e. The van der Waals surface area contributed by atoms with E-state index in [1.165, 1.54) is 17.2 Å². The van der Waals surface area contributed by atoms with Gasteiger partial charge in [-0.2, -0.15) is 0 Å². The van der Waals surface area contributed by atoms with E-state index in [0.717, 1.165) is 5.56 Å². The predicted molar refractivity (Wildman–Crippen MR) is 81.4 cm³/mol. The number of nitrogens with one attached hydrogen (secondary N) is 1. The minimum atomic E-state index is -0.399. The number of aryl methyl sites for hydroxylation is 1. The van der Waals surface area contributed by atoms with Gasteiger partial charge >= 0.3 is 0 Å². The van der Waals surface area contributed by atoms with E-state index in [-0.39, 0.29) is 5.69 Å². The largest absolute Gasteiger partial charge is 0.496 e. The van der Waals surface area contributed by atoms with Crippen molar-refractivity contribution in [3.63, 3.8) is 0 Å². The van der Waals surface area contributed by atoms with Crippen molar-refractivity contribution in [2.24, 2.45) is 0 Å². The first-order chi connectivity index (χ1) is 10.1. The van der Waals surface area contributed by atoms with Gasteiger partial charge in [-0.1, -0.05) is 29.8 Å². The number of rotatable bonds is 6. The molecule has 1 N–H and O–H groups in total. The summed E-state index contributed by atoms with van der Waals surface area (Å²) in [5.74, 6) is 0.650. The van der Waals surface area contributed by atoms with E-state index in [1.54, 1.807) is 19.2 Å². The molecule has 0 spiro atoms. The van der Waals surface area contributed by atoms with Crippen LogP contribution in [0.4, 0.5) is 5.69 Å². The summed E-state index contributed by atoms with van der Waals surface area (Å²) in [6, 6.07) is 12.8. The van der Waals surface area contributed by atoms with Gasteiger partial charge in [-0.05, 0) is 18.6 Å². The first-order valence-corrected chi connectivity index (χ1v) is 6.67. The van der Waals surface area contributed by atoms with Crippen molar-refractivity contribution in [3.05, 3.63) is 69.3 Å². The van der Waals surface area contributed by atoms with E-state index in [4.69, 9.17) is 4.74 Å². The molecule has 0 fully saturated rings. The summed E-state index contributed by atoms with van der Waals surface area (Å²) in [7, 11) is 1.56. The van der Waals surface area contributed by atoms with Crippen LogP contribution in [0.3, 0.4) is 0 Å². The number of non-ortho nitro benzene ring substituents is 1. The standard InChI is InChI=1S/C16H18N2O3/c1-12-4-3-5-13(8-12)10-17-11-14-9-15(18(19)20)6-7-16(14)21-2/h3-9,17H,10-11H2,1-2H3. The zero-order valence-corrected chi connectivity index (χ0v) is 12.1. The van der Waals surface area contributed by atoms with Gasteiger partial charge in [0.2, 0.25) is 0 Å². The maximum absolute atomic E-state index is 10.8. The molecule has 0 amide bonds. The SMILES string of the molecule is COc1ccc([N+](=O)[O-])cc1CNCc1cccc(C)c1. The second kappa shape index (κ2) is 6.85. The van der Waals surface area contributed by atoms with Gasteiger partial charge in [0, 0.05) is 30.8 Å². The molecule has 0 aliphatic heterocycles. The lowest BCUT2D eigenvalue weighted by Gasteiger charge is -2.10. The second-order valence-electron chi connectivity index (χ2n) is 4.85. The van der Waals surface area contributed by atoms with Crippen molar-refractivity contribution >= 4 is 5.69 Å². The number of hydrogen-bond acceptors (Lipinski definition) is 4. The average molecular weight is 286 g/mol. The smallest absolute Gasteiger partial charge is 0.270 e. The third-order valence-corrected chi connectivity index (χ3v) is 3.20. The lowest BCUT2D eigenvalue weighted by molar-refractivity contribution is -0.384. The summed E-state index contributed by atoms with van der Waals surface area (Å²) in [4.78, 5) is 10.4. The Morgan fingerprint density at radius 2 is 2.00 bits per heavy atom. The molecular formula is C16H18N2O3. The van der Waals surface area contributed by atoms with Crippen molar-refractivity contribution in [2.75, 3.05) is 7.11 Å². The highest BCUT2D eigenvalue weighted by molar-refractivity contribution is 5.43. The highest BCUT2D eigenvalue weighted by Gasteiger charge is 2.10. The molecular weight excluding hydrogens is 268 g/mol. The van der Waals surface area contributed by atoms with Gasteiger partial charge in [-0.3, -0.25) is 10.1 Å². The number of hydrogen-bond donors (Lipinski definition) is 1. The molecule has 21 heavy (non-hydrogen) atoms. The lowest BCUT2D eigenvalue weighted by Crippen LogP contribution is -2.13. The van der Waals surface area contributed by atoms with Crippen molar-refractivity contribution in [3.8, 4) is 5.75 Å². The molecule has 0 heterocycles. The van der Waals surface area contributed by atoms with Gasteiger partial charge in [-0.25, -0.2) is 0 Å². The van der Waals surface area contributed by atoms with Crippen LogP contribution in [0.5, 0.6) is 5.75 Å². The summed E-state index contributed by atoms with van der Waals surface area (Å²) in [5.41, 5.74) is 3.24. The zero-order chi connectivity index (χ0) is 15.2. The van der Waals surface area contributed by atoms with Crippen LogP contribution in [-0.2, 0) is 13.1 Å². The molecule has 0 unspecified atom stereocenters. The lowest BCUT2D eigenvalue weighted by atomic mass is 10.1. The first-order valence-electron chi connectivity index (χ1n) is 6.67. The van der Waals surface area contributed by atoms with Gasteiger partial charge < -0.3 is 10.1 Å². The van der Waals surface area contributed by atoms with Crippen LogP contribution in [-0.4, -0.2) is 12.0 Å². The summed E-state index contributed by atoms with van der Waals surface area (Å²) in [5, 5.41) is 14.1. The van der Waals surface area contributed by atoms with Crippen LogP contribution in [0.1, 0.15) is 16.7 Å². The molecule has 2 aromatic rings. The first kappa shape index (κ1) is 15.0. The highest BCUT2D eigenvalue weighted by Crippen LogP contribution is 2.23. The van der Waals surface area contributed by atoms with Crippen LogP contribution in [0.2, 0.25) is 0 Å². The molecule has 0 saturated carbocycles. The number of ether oxygens (including phenoxy) is 1. The number of nitro groups is 1. The maximum atomic E-state index is 10.8. The quantitative estimate of drug-likeness (QED) is 0.654. The van der Waals surface area contributed by atoms with Crippen molar-refractivity contribution in [2.45, 2.75) is 20.0 Å². The zero-order valence-electron chi connectivity index (χ0n) is 12.1. The van der Waals surface area contributed by atoms with Crippen LogP contribution in [0.25, 0.3) is 0 Å². The van der Waals surface area contributed by atoms with Crippen molar-refractivity contribution < 1.29 is 9.66 Å². The van der Waals surface area contributed by atoms with Crippen molar-refractivity contribution in [1.82, 2.24) is 5.32 Å². The predicted octanol–water partition coefficient (Wildman–Crippen LogP) is 3.20. The van der Waals surface area contributed by atoms with E-state index in [0.29, 0.717) is 18.8 Å². The number of nitro benzene ring substituents is 1. The summed E-state index contributed by atoms with van der Waals surface area (Å²) >= 11 is 0. The van der Waals surface area contributed by atoms with Crippen LogP contribution in [0, 0.1) is 17.0 Å². The van der Waals surface area contributed by atoms with E-state index in [1.807, 2.05) is 25.1 Å². The van der Waals surface area contributed by atoms with Gasteiger partial charge in [0.05, 0.1) is 12.0 Å². The van der Waals surface area contributed by atoms with Gasteiger partial charge in [-0.15, -0.1) is 0 Å². The molecule has 0 aliphatic rings. The highest BCUT2D eigenvalue weighted by atomic mass is 16.6. The fourth-order valence-corrected chi connectivity index (χ4v) is 2.18. The molecule has 0 saturated heterocycles. The Bertz CT molecular complexity index is 641. The van der Waals surface area contributed by atoms with Crippen molar-refractivity contribution in [1.29, 1.82) is 0 Å². The normalized spacial score (nSPS) is 10.4. The van der Waals surface area contributed by atoms with E-state index >= 15 is 0 Å². The van der Waals surface area contributed by atoms with Gasteiger partial charge in [0.1, 0.15) is 5.75 Å². The Morgan fingerprint density at radius 1 is 1.19 bits per heavy atom. The topological polar surface area (TPSA) is 64.4 Å².